The highest BCUT2D eigenvalue weighted by molar-refractivity contribution is 9.10. The average molecular weight is 499 g/mol. The van der Waals surface area contributed by atoms with E-state index in [-0.39, 0.29) is 10.8 Å². The summed E-state index contributed by atoms with van der Waals surface area (Å²) in [4.78, 5) is 16.6. The molecule has 1 amide bonds. The molecule has 158 valence electrons. The van der Waals surface area contributed by atoms with E-state index in [0.29, 0.717) is 22.6 Å². The van der Waals surface area contributed by atoms with Crippen molar-refractivity contribution in [2.24, 2.45) is 7.05 Å². The van der Waals surface area contributed by atoms with Crippen molar-refractivity contribution in [3.63, 3.8) is 0 Å². The van der Waals surface area contributed by atoms with Crippen LogP contribution in [0.25, 0.3) is 22.4 Å². The molecule has 0 radical (unpaired) electrons. The summed E-state index contributed by atoms with van der Waals surface area (Å²) in [5.74, 6) is 0.561. The summed E-state index contributed by atoms with van der Waals surface area (Å²) in [5.41, 5.74) is 3.36. The summed E-state index contributed by atoms with van der Waals surface area (Å²) in [7, 11) is -0.234. The lowest BCUT2D eigenvalue weighted by Crippen LogP contribution is -2.17. The molecule has 2 N–H and O–H groups in total. The molecule has 0 aliphatic heterocycles. The average Bonchev–Trinajstić information content (AvgIpc) is 3.09. The van der Waals surface area contributed by atoms with E-state index in [1.54, 1.807) is 43.4 Å². The van der Waals surface area contributed by atoms with Crippen LogP contribution in [0.5, 0.6) is 0 Å². The number of carbonyl (C=O) groups excluding carboxylic acids is 1. The smallest absolute Gasteiger partial charge is 0.261 e. The van der Waals surface area contributed by atoms with Gasteiger partial charge in [0.2, 0.25) is 0 Å². The van der Waals surface area contributed by atoms with E-state index >= 15 is 0 Å². The summed E-state index contributed by atoms with van der Waals surface area (Å²) in [6.45, 7) is 0. The molecule has 0 atom stereocenters. The second-order valence-corrected chi connectivity index (χ2v) is 9.51. The molecule has 0 unspecified atom stereocenters. The van der Waals surface area contributed by atoms with Crippen molar-refractivity contribution in [1.29, 1.82) is 0 Å². The van der Waals surface area contributed by atoms with Gasteiger partial charge in [0.05, 0.1) is 21.6 Å². The summed E-state index contributed by atoms with van der Waals surface area (Å²) < 4.78 is 30.7. The van der Waals surface area contributed by atoms with E-state index in [4.69, 9.17) is 0 Å². The van der Waals surface area contributed by atoms with E-state index < -0.39 is 10.0 Å². The van der Waals surface area contributed by atoms with Crippen molar-refractivity contribution >= 4 is 48.6 Å². The number of nitrogens with zero attached hydrogens (tertiary/aromatic N) is 2. The monoisotopic (exact) mass is 498 g/mol. The van der Waals surface area contributed by atoms with Crippen molar-refractivity contribution in [2.45, 2.75) is 4.90 Å². The number of aryl methyl sites for hydroxylation is 1. The third-order valence-electron chi connectivity index (χ3n) is 4.89. The number of amides is 1. The molecule has 7 nitrogen and oxygen atoms in total. The minimum absolute atomic E-state index is 0.153. The molecule has 4 aromatic rings. The lowest BCUT2D eigenvalue weighted by atomic mass is 10.1. The van der Waals surface area contributed by atoms with Gasteiger partial charge in [-0.1, -0.05) is 28.1 Å². The SMILES string of the molecule is CNC(=O)c1ccc(-c2nc3cc(NS(=O)(=O)c4ccc(Br)cc4)ccc3n2C)cc1. The number of nitrogens with one attached hydrogen (secondary N) is 2. The van der Waals surface area contributed by atoms with Crippen molar-refractivity contribution < 1.29 is 13.2 Å². The topological polar surface area (TPSA) is 93.1 Å². The number of fused-ring (bicyclic) bond motifs is 1. The zero-order valence-corrected chi connectivity index (χ0v) is 19.2. The maximum absolute atomic E-state index is 12.7. The standard InChI is InChI=1S/C22H19BrN4O3S/c1-24-22(28)15-5-3-14(4-6-15)21-25-19-13-17(9-12-20(19)27(21)2)26-31(29,30)18-10-7-16(23)8-11-18/h3-13,26H,1-2H3,(H,24,28). The van der Waals surface area contributed by atoms with Gasteiger partial charge < -0.3 is 9.88 Å². The zero-order chi connectivity index (χ0) is 22.2. The van der Waals surface area contributed by atoms with Gasteiger partial charge >= 0.3 is 0 Å². The molecule has 0 saturated heterocycles. The van der Waals surface area contributed by atoms with Crippen LogP contribution in [-0.4, -0.2) is 30.9 Å². The third-order valence-corrected chi connectivity index (χ3v) is 6.82. The number of rotatable bonds is 5. The summed E-state index contributed by atoms with van der Waals surface area (Å²) in [6, 6.07) is 18.8. The van der Waals surface area contributed by atoms with Crippen LogP contribution in [-0.2, 0) is 17.1 Å². The first kappa shape index (κ1) is 21.1. The second-order valence-electron chi connectivity index (χ2n) is 6.91. The highest BCUT2D eigenvalue weighted by Crippen LogP contribution is 2.27. The fourth-order valence-corrected chi connectivity index (χ4v) is 4.58. The van der Waals surface area contributed by atoms with Crippen LogP contribution in [0.2, 0.25) is 0 Å². The van der Waals surface area contributed by atoms with Gasteiger partial charge in [-0.3, -0.25) is 9.52 Å². The minimum Gasteiger partial charge on any atom is -0.355 e. The van der Waals surface area contributed by atoms with E-state index in [1.807, 2.05) is 29.8 Å². The molecule has 31 heavy (non-hydrogen) atoms. The number of sulfonamides is 1. The normalized spacial score (nSPS) is 11.5. The zero-order valence-electron chi connectivity index (χ0n) is 16.8. The van der Waals surface area contributed by atoms with Crippen molar-refractivity contribution in [1.82, 2.24) is 14.9 Å². The second kappa shape index (κ2) is 8.16. The molecular formula is C22H19BrN4O3S. The Morgan fingerprint density at radius 3 is 2.32 bits per heavy atom. The van der Waals surface area contributed by atoms with Crippen molar-refractivity contribution in [3.8, 4) is 11.4 Å². The first-order valence-electron chi connectivity index (χ1n) is 9.36. The van der Waals surface area contributed by atoms with E-state index in [0.717, 1.165) is 15.6 Å². The number of halogens is 1. The van der Waals surface area contributed by atoms with E-state index in [2.05, 4.69) is 31.0 Å². The van der Waals surface area contributed by atoms with Gasteiger partial charge in [0, 0.05) is 29.7 Å². The molecule has 0 bridgehead atoms. The molecule has 3 aromatic carbocycles. The largest absolute Gasteiger partial charge is 0.355 e. The van der Waals surface area contributed by atoms with Crippen molar-refractivity contribution in [3.05, 3.63) is 76.8 Å². The third kappa shape index (κ3) is 4.19. The molecule has 9 heteroatoms. The van der Waals surface area contributed by atoms with Gasteiger partial charge in [-0.2, -0.15) is 0 Å². The van der Waals surface area contributed by atoms with Crippen LogP contribution in [0.1, 0.15) is 10.4 Å². The lowest BCUT2D eigenvalue weighted by molar-refractivity contribution is 0.0963. The Bertz CT molecular complexity index is 1380. The van der Waals surface area contributed by atoms with Crippen molar-refractivity contribution in [2.75, 3.05) is 11.8 Å². The molecule has 1 aromatic heterocycles. The maximum atomic E-state index is 12.7. The summed E-state index contributed by atoms with van der Waals surface area (Å²) in [5, 5.41) is 2.59. The Morgan fingerprint density at radius 2 is 1.68 bits per heavy atom. The molecule has 0 saturated carbocycles. The van der Waals surface area contributed by atoms with Crippen LogP contribution >= 0.6 is 15.9 Å². The fraction of sp³-hybridized carbons (Fsp3) is 0.0909. The Morgan fingerprint density at radius 1 is 1.00 bits per heavy atom. The fourth-order valence-electron chi connectivity index (χ4n) is 3.26. The first-order valence-corrected chi connectivity index (χ1v) is 11.6. The molecule has 0 spiro atoms. The number of benzene rings is 3. The summed E-state index contributed by atoms with van der Waals surface area (Å²) >= 11 is 3.30. The predicted octanol–water partition coefficient (Wildman–Crippen LogP) is 4.16. The van der Waals surface area contributed by atoms with Gasteiger partial charge in [0.1, 0.15) is 5.82 Å². The van der Waals surface area contributed by atoms with Gasteiger partial charge in [0.25, 0.3) is 15.9 Å². The molecule has 0 fully saturated rings. The molecule has 0 aliphatic rings. The number of hydrogen-bond donors (Lipinski definition) is 2. The first-order chi connectivity index (χ1) is 14.8. The van der Waals surface area contributed by atoms with Gasteiger partial charge in [-0.15, -0.1) is 0 Å². The molecule has 0 aliphatic carbocycles. The van der Waals surface area contributed by atoms with Crippen LogP contribution < -0.4 is 10.0 Å². The maximum Gasteiger partial charge on any atom is 0.261 e. The number of carbonyl (C=O) groups is 1. The van der Waals surface area contributed by atoms with Crippen LogP contribution in [0.3, 0.4) is 0 Å². The quantitative estimate of drug-likeness (QED) is 0.431. The van der Waals surface area contributed by atoms with E-state index in [1.165, 1.54) is 12.1 Å². The van der Waals surface area contributed by atoms with Gasteiger partial charge in [-0.05, 0) is 54.6 Å². The number of aromatic nitrogens is 2. The van der Waals surface area contributed by atoms with E-state index in [9.17, 15) is 13.2 Å². The molecule has 4 rings (SSSR count). The Balaban J connectivity index is 1.66. The summed E-state index contributed by atoms with van der Waals surface area (Å²) in [6.07, 6.45) is 0. The molecule has 1 heterocycles. The number of imidazole rings is 1. The Kier molecular flexibility index (Phi) is 5.55. The minimum atomic E-state index is -3.71. The Labute approximate surface area is 188 Å². The van der Waals surface area contributed by atoms with Crippen LogP contribution in [0.15, 0.2) is 76.1 Å². The van der Waals surface area contributed by atoms with Gasteiger partial charge in [-0.25, -0.2) is 13.4 Å². The van der Waals surface area contributed by atoms with Crippen LogP contribution in [0, 0.1) is 0 Å². The number of hydrogen-bond acceptors (Lipinski definition) is 4. The Hall–Kier alpha value is -3.17. The van der Waals surface area contributed by atoms with Gasteiger partial charge in [0.15, 0.2) is 0 Å². The highest BCUT2D eigenvalue weighted by atomic mass is 79.9. The molecular weight excluding hydrogens is 480 g/mol. The predicted molar refractivity (Wildman–Crippen MR) is 124 cm³/mol. The number of anilines is 1. The highest BCUT2D eigenvalue weighted by Gasteiger charge is 2.16. The van der Waals surface area contributed by atoms with Crippen LogP contribution in [0.4, 0.5) is 5.69 Å². The lowest BCUT2D eigenvalue weighted by Gasteiger charge is -2.08.